The van der Waals surface area contributed by atoms with Gasteiger partial charge in [0.2, 0.25) is 10.0 Å². The minimum absolute atomic E-state index is 0.00419. The summed E-state index contributed by atoms with van der Waals surface area (Å²) in [5.41, 5.74) is 1.57. The van der Waals surface area contributed by atoms with E-state index in [1.807, 2.05) is 0 Å². The number of rotatable bonds is 5. The summed E-state index contributed by atoms with van der Waals surface area (Å²) >= 11 is 5.26. The van der Waals surface area contributed by atoms with E-state index in [1.165, 1.54) is 22.5 Å². The van der Waals surface area contributed by atoms with Crippen LogP contribution >= 0.6 is 12.2 Å². The third-order valence-electron chi connectivity index (χ3n) is 4.47. The molecule has 3 rings (SSSR count). The highest BCUT2D eigenvalue weighted by atomic mass is 32.2. The van der Waals surface area contributed by atoms with Crippen molar-refractivity contribution in [2.45, 2.75) is 11.8 Å². The summed E-state index contributed by atoms with van der Waals surface area (Å²) in [5.74, 6) is 0. The molecule has 0 bridgehead atoms. The normalized spacial score (nSPS) is 14.9. The Bertz CT molecular complexity index is 1020. The molecule has 0 unspecified atom stereocenters. The van der Waals surface area contributed by atoms with Crippen LogP contribution in [0.3, 0.4) is 0 Å². The number of morpholine rings is 1. The monoisotopic (exact) mass is 436 g/mol. The molecule has 1 aliphatic rings. The fourth-order valence-corrected chi connectivity index (χ4v) is 4.52. The molecule has 0 aliphatic carbocycles. The molecule has 2 aromatic rings. The molecular formula is C18H20N4O5S2. The number of thiocarbonyl (C=S) groups is 1. The Labute approximate surface area is 173 Å². The van der Waals surface area contributed by atoms with Gasteiger partial charge in [-0.25, -0.2) is 8.42 Å². The van der Waals surface area contributed by atoms with Gasteiger partial charge in [0, 0.05) is 24.8 Å². The average molecular weight is 437 g/mol. The van der Waals surface area contributed by atoms with Gasteiger partial charge in [0.25, 0.3) is 5.69 Å². The molecule has 29 heavy (non-hydrogen) atoms. The van der Waals surface area contributed by atoms with E-state index in [1.54, 1.807) is 31.2 Å². The first-order chi connectivity index (χ1) is 13.8. The molecule has 1 saturated heterocycles. The summed E-state index contributed by atoms with van der Waals surface area (Å²) < 4.78 is 31.9. The van der Waals surface area contributed by atoms with E-state index in [2.05, 4.69) is 10.6 Å². The van der Waals surface area contributed by atoms with Crippen LogP contribution in [-0.4, -0.2) is 49.1 Å². The van der Waals surface area contributed by atoms with Gasteiger partial charge in [0.1, 0.15) is 0 Å². The second kappa shape index (κ2) is 8.82. The minimum atomic E-state index is -3.56. The fraction of sp³-hybridized carbons (Fsp3) is 0.278. The van der Waals surface area contributed by atoms with Crippen LogP contribution in [0.1, 0.15) is 5.56 Å². The number of sulfonamides is 1. The zero-order valence-corrected chi connectivity index (χ0v) is 17.3. The number of nitrogens with zero attached hydrogens (tertiary/aromatic N) is 2. The maximum Gasteiger partial charge on any atom is 0.274 e. The van der Waals surface area contributed by atoms with Crippen LogP contribution in [0.15, 0.2) is 47.4 Å². The summed E-state index contributed by atoms with van der Waals surface area (Å²) in [5, 5.41) is 17.2. The standard InChI is InChI=1S/C18H20N4O5S2/c1-13-16(3-2-4-17(13)22(23)24)20-18(28)19-14-5-7-15(8-6-14)29(25,26)21-9-11-27-12-10-21/h2-8H,9-12H2,1H3,(H2,19,20,28). The van der Waals surface area contributed by atoms with E-state index in [-0.39, 0.29) is 15.7 Å². The SMILES string of the molecule is Cc1c(NC(=S)Nc2ccc(S(=O)(=O)N3CCOCC3)cc2)cccc1[N+](=O)[O-]. The van der Waals surface area contributed by atoms with Crippen molar-refractivity contribution in [3.63, 3.8) is 0 Å². The summed E-state index contributed by atoms with van der Waals surface area (Å²) in [4.78, 5) is 10.8. The molecule has 0 spiro atoms. The zero-order valence-electron chi connectivity index (χ0n) is 15.6. The van der Waals surface area contributed by atoms with Crippen LogP contribution in [0.5, 0.6) is 0 Å². The van der Waals surface area contributed by atoms with Crippen molar-refractivity contribution < 1.29 is 18.1 Å². The molecular weight excluding hydrogens is 416 g/mol. The van der Waals surface area contributed by atoms with Gasteiger partial charge in [-0.1, -0.05) is 6.07 Å². The lowest BCUT2D eigenvalue weighted by Crippen LogP contribution is -2.40. The van der Waals surface area contributed by atoms with Crippen molar-refractivity contribution in [3.8, 4) is 0 Å². The van der Waals surface area contributed by atoms with Crippen LogP contribution in [0.4, 0.5) is 17.1 Å². The predicted molar refractivity (Wildman–Crippen MR) is 114 cm³/mol. The maximum atomic E-state index is 12.6. The lowest BCUT2D eigenvalue weighted by Gasteiger charge is -2.26. The Balaban J connectivity index is 1.68. The van der Waals surface area contributed by atoms with Crippen molar-refractivity contribution in [1.29, 1.82) is 0 Å². The topological polar surface area (TPSA) is 114 Å². The molecule has 1 fully saturated rings. The minimum Gasteiger partial charge on any atom is -0.379 e. The van der Waals surface area contributed by atoms with Gasteiger partial charge < -0.3 is 15.4 Å². The molecule has 2 aromatic carbocycles. The van der Waals surface area contributed by atoms with Crippen molar-refractivity contribution in [2.24, 2.45) is 0 Å². The van der Waals surface area contributed by atoms with E-state index in [9.17, 15) is 18.5 Å². The van der Waals surface area contributed by atoms with E-state index in [4.69, 9.17) is 17.0 Å². The average Bonchev–Trinajstić information content (AvgIpc) is 2.70. The van der Waals surface area contributed by atoms with Gasteiger partial charge in [-0.05, 0) is 49.5 Å². The molecule has 0 radical (unpaired) electrons. The molecule has 0 aromatic heterocycles. The summed E-state index contributed by atoms with van der Waals surface area (Å²) in [6.45, 7) is 3.07. The largest absolute Gasteiger partial charge is 0.379 e. The lowest BCUT2D eigenvalue weighted by molar-refractivity contribution is -0.385. The number of nitro benzene ring substituents is 1. The first-order valence-electron chi connectivity index (χ1n) is 8.79. The Morgan fingerprint density at radius 2 is 1.79 bits per heavy atom. The highest BCUT2D eigenvalue weighted by Gasteiger charge is 2.26. The van der Waals surface area contributed by atoms with Gasteiger partial charge in [-0.15, -0.1) is 0 Å². The van der Waals surface area contributed by atoms with Crippen molar-refractivity contribution in [2.75, 3.05) is 36.9 Å². The predicted octanol–water partition coefficient (Wildman–Crippen LogP) is 2.73. The molecule has 2 N–H and O–H groups in total. The first kappa shape index (κ1) is 21.1. The lowest BCUT2D eigenvalue weighted by atomic mass is 10.1. The van der Waals surface area contributed by atoms with Gasteiger partial charge in [0.05, 0.1) is 34.3 Å². The van der Waals surface area contributed by atoms with Gasteiger partial charge in [0.15, 0.2) is 5.11 Å². The number of ether oxygens (including phenoxy) is 1. The third-order valence-corrected chi connectivity index (χ3v) is 6.59. The molecule has 1 heterocycles. The van der Waals surface area contributed by atoms with Gasteiger partial charge in [-0.3, -0.25) is 10.1 Å². The summed E-state index contributed by atoms with van der Waals surface area (Å²) in [6, 6.07) is 10.9. The number of hydrogen-bond donors (Lipinski definition) is 2. The highest BCUT2D eigenvalue weighted by molar-refractivity contribution is 7.89. The zero-order chi connectivity index (χ0) is 21.0. The molecule has 0 saturated carbocycles. The number of nitro groups is 1. The second-order valence-corrected chi connectivity index (χ2v) is 8.67. The van der Waals surface area contributed by atoms with E-state index in [0.717, 1.165) is 0 Å². The Morgan fingerprint density at radius 1 is 1.14 bits per heavy atom. The third kappa shape index (κ3) is 4.88. The van der Waals surface area contributed by atoms with E-state index >= 15 is 0 Å². The van der Waals surface area contributed by atoms with Gasteiger partial charge in [-0.2, -0.15) is 4.31 Å². The number of nitrogens with one attached hydrogen (secondary N) is 2. The molecule has 1 aliphatic heterocycles. The Kier molecular flexibility index (Phi) is 6.42. The number of hydrogen-bond acceptors (Lipinski definition) is 6. The Morgan fingerprint density at radius 3 is 2.41 bits per heavy atom. The number of anilines is 2. The second-order valence-electron chi connectivity index (χ2n) is 6.33. The van der Waals surface area contributed by atoms with Gasteiger partial charge >= 0.3 is 0 Å². The first-order valence-corrected chi connectivity index (χ1v) is 10.6. The molecule has 11 heteroatoms. The molecule has 0 amide bonds. The van der Waals surface area contributed by atoms with Crippen molar-refractivity contribution in [3.05, 3.63) is 58.1 Å². The highest BCUT2D eigenvalue weighted by Crippen LogP contribution is 2.25. The maximum absolute atomic E-state index is 12.6. The van der Waals surface area contributed by atoms with Crippen LogP contribution < -0.4 is 10.6 Å². The quantitative estimate of drug-likeness (QED) is 0.418. The van der Waals surface area contributed by atoms with Crippen LogP contribution in [0.2, 0.25) is 0 Å². The fourth-order valence-electron chi connectivity index (χ4n) is 2.89. The van der Waals surface area contributed by atoms with Crippen molar-refractivity contribution >= 4 is 44.4 Å². The van der Waals surface area contributed by atoms with E-state index in [0.29, 0.717) is 43.2 Å². The smallest absolute Gasteiger partial charge is 0.274 e. The van der Waals surface area contributed by atoms with E-state index < -0.39 is 14.9 Å². The van der Waals surface area contributed by atoms with Crippen LogP contribution in [-0.2, 0) is 14.8 Å². The number of benzene rings is 2. The van der Waals surface area contributed by atoms with Crippen molar-refractivity contribution in [1.82, 2.24) is 4.31 Å². The molecule has 9 nitrogen and oxygen atoms in total. The molecule has 154 valence electrons. The summed E-state index contributed by atoms with van der Waals surface area (Å²) in [6.07, 6.45) is 0. The Hall–Kier alpha value is -2.60. The van der Waals surface area contributed by atoms with Crippen LogP contribution in [0, 0.1) is 17.0 Å². The van der Waals surface area contributed by atoms with Crippen LogP contribution in [0.25, 0.3) is 0 Å². The summed E-state index contributed by atoms with van der Waals surface area (Å²) in [7, 11) is -3.56. The molecule has 0 atom stereocenters.